The lowest BCUT2D eigenvalue weighted by atomic mass is 9.47. The average Bonchev–Trinajstić information content (AvgIpc) is 3.10. The van der Waals surface area contributed by atoms with Gasteiger partial charge in [-0.05, 0) is 97.9 Å². The Morgan fingerprint density at radius 2 is 1.74 bits per heavy atom. The molecular weight excluding hydrogens is 452 g/mol. The summed E-state index contributed by atoms with van der Waals surface area (Å²) in [7, 11) is -4.62. The van der Waals surface area contributed by atoms with Crippen molar-refractivity contribution in [3.05, 3.63) is 11.6 Å². The second kappa shape index (κ2) is 9.60. The minimum absolute atomic E-state index is 0.00120. The van der Waals surface area contributed by atoms with Crippen LogP contribution in [0.15, 0.2) is 11.6 Å². The second-order valence-corrected chi connectivity index (χ2v) is 13.6. The molecule has 0 aromatic heterocycles. The quantitative estimate of drug-likeness (QED) is 0.374. The average molecular weight is 496 g/mol. The van der Waals surface area contributed by atoms with Crippen LogP contribution in [0.5, 0.6) is 0 Å². The first kappa shape index (κ1) is 26.3. The van der Waals surface area contributed by atoms with Crippen molar-refractivity contribution in [1.82, 2.24) is 0 Å². The van der Waals surface area contributed by atoms with E-state index >= 15 is 0 Å². The van der Waals surface area contributed by atoms with E-state index in [1.807, 2.05) is 13.0 Å². The van der Waals surface area contributed by atoms with E-state index in [0.717, 1.165) is 44.9 Å². The molecule has 7 heteroatoms. The van der Waals surface area contributed by atoms with Crippen LogP contribution in [0, 0.1) is 46.3 Å². The van der Waals surface area contributed by atoms with E-state index in [1.165, 1.54) is 18.4 Å². The number of ketones is 1. The highest BCUT2D eigenvalue weighted by Crippen LogP contribution is 2.66. The molecule has 34 heavy (non-hydrogen) atoms. The van der Waals surface area contributed by atoms with E-state index in [4.69, 9.17) is 0 Å². The van der Waals surface area contributed by atoms with E-state index in [-0.39, 0.29) is 41.2 Å². The molecule has 3 unspecified atom stereocenters. The van der Waals surface area contributed by atoms with Crippen molar-refractivity contribution in [1.29, 1.82) is 0 Å². The van der Waals surface area contributed by atoms with Gasteiger partial charge in [-0.3, -0.25) is 8.98 Å². The van der Waals surface area contributed by atoms with Crippen molar-refractivity contribution < 1.29 is 27.1 Å². The van der Waals surface area contributed by atoms with Gasteiger partial charge in [0, 0.05) is 5.92 Å². The van der Waals surface area contributed by atoms with Crippen molar-refractivity contribution in [2.75, 3.05) is 6.61 Å². The van der Waals surface area contributed by atoms with Crippen LogP contribution in [0.25, 0.3) is 0 Å². The van der Waals surface area contributed by atoms with Crippen molar-refractivity contribution in [3.63, 3.8) is 0 Å². The highest BCUT2D eigenvalue weighted by atomic mass is 32.3. The molecule has 3 fully saturated rings. The van der Waals surface area contributed by atoms with Crippen LogP contribution < -0.4 is 0 Å². The summed E-state index contributed by atoms with van der Waals surface area (Å²) in [6.07, 6.45) is 11.7. The fraction of sp³-hybridized carbons (Fsp3) is 0.889. The van der Waals surface area contributed by atoms with Crippen LogP contribution in [0.2, 0.25) is 0 Å². The molecule has 9 atom stereocenters. The fourth-order valence-electron chi connectivity index (χ4n) is 8.59. The minimum Gasteiger partial charge on any atom is -0.726 e. The van der Waals surface area contributed by atoms with Gasteiger partial charge in [0.1, 0.15) is 0 Å². The number of carbonyl (C=O) groups excluding carboxylic acids is 1. The molecule has 0 bridgehead atoms. The number of aliphatic hydroxyl groups excluding tert-OH is 1. The molecule has 0 aliphatic heterocycles. The van der Waals surface area contributed by atoms with Crippen molar-refractivity contribution in [3.8, 4) is 0 Å². The van der Waals surface area contributed by atoms with E-state index in [9.17, 15) is 22.9 Å². The van der Waals surface area contributed by atoms with Crippen molar-refractivity contribution in [2.45, 2.75) is 98.0 Å². The molecule has 4 rings (SSSR count). The number of aliphatic hydroxyl groups is 1. The Morgan fingerprint density at radius 3 is 2.44 bits per heavy atom. The first-order chi connectivity index (χ1) is 15.8. The Labute approximate surface area is 205 Å². The van der Waals surface area contributed by atoms with Gasteiger partial charge in [0.2, 0.25) is 10.4 Å². The summed E-state index contributed by atoms with van der Waals surface area (Å²) in [5.74, 6) is 2.43. The third-order valence-corrected chi connectivity index (χ3v) is 10.9. The summed E-state index contributed by atoms with van der Waals surface area (Å²) in [6.45, 7) is 9.02. The highest BCUT2D eigenvalue weighted by molar-refractivity contribution is 7.80. The number of hydrogen-bond acceptors (Lipinski definition) is 6. The number of allylic oxidation sites excluding steroid dienone is 2. The lowest BCUT2D eigenvalue weighted by molar-refractivity contribution is -0.132. The molecule has 0 aromatic carbocycles. The first-order valence-corrected chi connectivity index (χ1v) is 14.7. The second-order valence-electron chi connectivity index (χ2n) is 12.6. The van der Waals surface area contributed by atoms with Gasteiger partial charge in [-0.1, -0.05) is 46.1 Å². The summed E-state index contributed by atoms with van der Waals surface area (Å²) in [5.41, 5.74) is 1.65. The normalized spacial score (nSPS) is 41.8. The van der Waals surface area contributed by atoms with E-state index in [1.54, 1.807) is 0 Å². The third-order valence-electron chi connectivity index (χ3n) is 10.5. The van der Waals surface area contributed by atoms with Gasteiger partial charge < -0.3 is 9.66 Å². The zero-order chi connectivity index (χ0) is 24.9. The molecule has 0 heterocycles. The lowest BCUT2D eigenvalue weighted by Crippen LogP contribution is -2.52. The van der Waals surface area contributed by atoms with E-state index < -0.39 is 10.4 Å². The van der Waals surface area contributed by atoms with Gasteiger partial charge in [-0.15, -0.1) is 0 Å². The molecule has 0 radical (unpaired) electrons. The Balaban J connectivity index is 1.40. The molecule has 0 amide bonds. The Bertz CT molecular complexity index is 912. The molecule has 0 spiro atoms. The topological polar surface area (TPSA) is 104 Å². The molecular formula is C27H43O6S-. The largest absolute Gasteiger partial charge is 0.726 e. The Hall–Kier alpha value is -0.760. The number of rotatable bonds is 8. The molecule has 4 aliphatic carbocycles. The van der Waals surface area contributed by atoms with E-state index in [0.29, 0.717) is 30.1 Å². The Kier molecular flexibility index (Phi) is 7.43. The molecule has 6 nitrogen and oxygen atoms in total. The monoisotopic (exact) mass is 495 g/mol. The molecule has 3 saturated carbocycles. The molecule has 4 aliphatic rings. The standard InChI is InChI=1S/C27H44O6S/c1-17(16-33-34(30,31)32)6-5-7-18(2)21-8-9-22-20-15-25(29)24-14-19(28)10-12-27(24,4)23(20)11-13-26(21,22)3/h15,17-19,21-24,28H,5-14,16H2,1-4H3,(H,30,31,32)/p-1/t17?,18-,19-,21-,22?,23?,24-,26-,27-/m1/s1. The summed E-state index contributed by atoms with van der Waals surface area (Å²) in [5, 5.41) is 10.2. The maximum atomic E-state index is 13.2. The van der Waals surface area contributed by atoms with Gasteiger partial charge in [-0.2, -0.15) is 0 Å². The molecule has 194 valence electrons. The minimum atomic E-state index is -4.62. The predicted molar refractivity (Wildman–Crippen MR) is 129 cm³/mol. The smallest absolute Gasteiger partial charge is 0.217 e. The molecule has 0 saturated heterocycles. The van der Waals surface area contributed by atoms with Crippen LogP contribution >= 0.6 is 0 Å². The summed E-state index contributed by atoms with van der Waals surface area (Å²) < 4.78 is 36.5. The first-order valence-electron chi connectivity index (χ1n) is 13.4. The molecule has 0 aromatic rings. The fourth-order valence-corrected chi connectivity index (χ4v) is 8.99. The summed E-state index contributed by atoms with van der Waals surface area (Å²) in [6, 6.07) is 0. The van der Waals surface area contributed by atoms with Crippen LogP contribution in [0.3, 0.4) is 0 Å². The number of hydrogen-bond donors (Lipinski definition) is 1. The number of fused-ring (bicyclic) bond motifs is 5. The predicted octanol–water partition coefficient (Wildman–Crippen LogP) is 5.02. The zero-order valence-electron chi connectivity index (χ0n) is 21.3. The summed E-state index contributed by atoms with van der Waals surface area (Å²) in [4.78, 5) is 13.2. The van der Waals surface area contributed by atoms with Crippen LogP contribution in [0.4, 0.5) is 0 Å². The van der Waals surface area contributed by atoms with Gasteiger partial charge in [0.15, 0.2) is 5.78 Å². The SMILES string of the molecule is CC(CCC[C@@H](C)[C@H]1CCC2C3=CC(=O)[C@H]4C[C@H](O)CC[C@]4(C)C3CC[C@@]21C)COS(=O)(=O)[O-]. The molecule has 1 N–H and O–H groups in total. The van der Waals surface area contributed by atoms with E-state index in [2.05, 4.69) is 25.0 Å². The van der Waals surface area contributed by atoms with Gasteiger partial charge in [0.25, 0.3) is 0 Å². The van der Waals surface area contributed by atoms with Gasteiger partial charge in [-0.25, -0.2) is 8.42 Å². The maximum absolute atomic E-state index is 13.2. The van der Waals surface area contributed by atoms with Gasteiger partial charge >= 0.3 is 0 Å². The van der Waals surface area contributed by atoms with Crippen LogP contribution in [-0.2, 0) is 19.4 Å². The zero-order valence-corrected chi connectivity index (χ0v) is 22.1. The number of carbonyl (C=O) groups is 1. The van der Waals surface area contributed by atoms with Crippen LogP contribution in [0.1, 0.15) is 91.9 Å². The Morgan fingerprint density at radius 1 is 1.06 bits per heavy atom. The lowest BCUT2D eigenvalue weighted by Gasteiger charge is -2.57. The van der Waals surface area contributed by atoms with Crippen molar-refractivity contribution in [2.24, 2.45) is 46.3 Å². The third kappa shape index (κ3) is 4.91. The van der Waals surface area contributed by atoms with Crippen molar-refractivity contribution >= 4 is 16.2 Å². The summed E-state index contributed by atoms with van der Waals surface area (Å²) >= 11 is 0. The van der Waals surface area contributed by atoms with Gasteiger partial charge in [0.05, 0.1) is 12.7 Å². The van der Waals surface area contributed by atoms with Crippen LogP contribution in [-0.4, -0.2) is 36.6 Å². The maximum Gasteiger partial charge on any atom is 0.217 e. The highest BCUT2D eigenvalue weighted by Gasteiger charge is 2.59.